The van der Waals surface area contributed by atoms with Gasteiger partial charge in [0, 0.05) is 30.0 Å². The van der Waals surface area contributed by atoms with Gasteiger partial charge in [0.15, 0.2) is 11.6 Å². The van der Waals surface area contributed by atoms with Gasteiger partial charge in [-0.1, -0.05) is 13.8 Å². The van der Waals surface area contributed by atoms with Gasteiger partial charge in [-0.25, -0.2) is 0 Å². The minimum Gasteiger partial charge on any atom is -0.366 e. The van der Waals surface area contributed by atoms with Crippen LogP contribution in [0.1, 0.15) is 102 Å². The van der Waals surface area contributed by atoms with Gasteiger partial charge in [0.2, 0.25) is 5.91 Å². The second kappa shape index (κ2) is 9.66. The van der Waals surface area contributed by atoms with Crippen molar-refractivity contribution in [2.45, 2.75) is 79.9 Å². The van der Waals surface area contributed by atoms with E-state index in [1.807, 2.05) is 34.6 Å². The van der Waals surface area contributed by atoms with Crippen molar-refractivity contribution < 1.29 is 19.1 Å². The summed E-state index contributed by atoms with van der Waals surface area (Å²) in [6.07, 6.45) is 0.744. The predicted octanol–water partition coefficient (Wildman–Crippen LogP) is 4.58. The SMILES string of the molecule is CC.CC(=O)c1cc(C(C)=O)[nH]n1.Cc1sc2c(c1C(N)=O)CC(C)(C)OC2(C)C. The number of hydrogen-bond donors (Lipinski definition) is 2. The van der Waals surface area contributed by atoms with Gasteiger partial charge in [0.1, 0.15) is 11.4 Å². The summed E-state index contributed by atoms with van der Waals surface area (Å²) in [6.45, 7) is 17.0. The van der Waals surface area contributed by atoms with E-state index in [4.69, 9.17) is 10.5 Å². The van der Waals surface area contributed by atoms with Crippen molar-refractivity contribution in [2.75, 3.05) is 0 Å². The summed E-state index contributed by atoms with van der Waals surface area (Å²) in [6, 6.07) is 1.45. The topological polar surface area (TPSA) is 115 Å². The van der Waals surface area contributed by atoms with E-state index in [1.54, 1.807) is 11.3 Å². The largest absolute Gasteiger partial charge is 0.366 e. The third-order valence-corrected chi connectivity index (χ3v) is 5.88. The molecule has 166 valence electrons. The number of rotatable bonds is 3. The van der Waals surface area contributed by atoms with Crippen LogP contribution in [0, 0.1) is 6.92 Å². The van der Waals surface area contributed by atoms with Gasteiger partial charge >= 0.3 is 0 Å². The molecule has 2 aromatic heterocycles. The van der Waals surface area contributed by atoms with Crippen molar-refractivity contribution in [2.24, 2.45) is 5.73 Å². The minimum atomic E-state index is -0.347. The second-order valence-corrected chi connectivity index (χ2v) is 9.26. The molecule has 0 radical (unpaired) electrons. The zero-order valence-corrected chi connectivity index (χ0v) is 20.2. The Bertz CT molecular complexity index is 910. The van der Waals surface area contributed by atoms with Crippen LogP contribution >= 0.6 is 11.3 Å². The van der Waals surface area contributed by atoms with Gasteiger partial charge in [0.25, 0.3) is 0 Å². The quantitative estimate of drug-likeness (QED) is 0.685. The molecule has 0 saturated carbocycles. The number of carbonyl (C=O) groups excluding carboxylic acids is 3. The van der Waals surface area contributed by atoms with Gasteiger partial charge in [-0.15, -0.1) is 11.3 Å². The van der Waals surface area contributed by atoms with Crippen LogP contribution in [0.15, 0.2) is 6.07 Å². The van der Waals surface area contributed by atoms with Crippen LogP contribution in [0.3, 0.4) is 0 Å². The number of nitrogens with zero attached hydrogens (tertiary/aromatic N) is 1. The fourth-order valence-corrected chi connectivity index (χ4v) is 4.67. The lowest BCUT2D eigenvalue weighted by atomic mass is 9.86. The number of primary amides is 1. The van der Waals surface area contributed by atoms with E-state index in [1.165, 1.54) is 19.9 Å². The van der Waals surface area contributed by atoms with Crippen molar-refractivity contribution in [3.05, 3.63) is 38.3 Å². The summed E-state index contributed by atoms with van der Waals surface area (Å²) < 4.78 is 6.09. The third-order valence-electron chi connectivity index (χ3n) is 4.43. The average molecular weight is 436 g/mol. The van der Waals surface area contributed by atoms with E-state index in [-0.39, 0.29) is 28.7 Å². The number of nitrogens with two attached hydrogens (primary N) is 1. The Kier molecular flexibility index (Phi) is 8.28. The molecule has 1 aliphatic rings. The minimum absolute atomic E-state index is 0.120. The number of ketones is 2. The highest BCUT2D eigenvalue weighted by Crippen LogP contribution is 2.45. The Hall–Kier alpha value is -2.32. The lowest BCUT2D eigenvalue weighted by molar-refractivity contribution is -0.135. The van der Waals surface area contributed by atoms with Crippen molar-refractivity contribution >= 4 is 28.8 Å². The van der Waals surface area contributed by atoms with Crippen molar-refractivity contribution in [1.29, 1.82) is 0 Å². The molecule has 0 aromatic carbocycles. The molecular formula is C22H33N3O4S. The first-order valence-corrected chi connectivity index (χ1v) is 10.8. The predicted molar refractivity (Wildman–Crippen MR) is 119 cm³/mol. The molecule has 3 heterocycles. The number of aryl methyl sites for hydroxylation is 1. The van der Waals surface area contributed by atoms with Crippen LogP contribution in [0.2, 0.25) is 0 Å². The molecule has 3 rings (SSSR count). The summed E-state index contributed by atoms with van der Waals surface area (Å²) in [4.78, 5) is 35.1. The second-order valence-electron chi connectivity index (χ2n) is 8.03. The normalized spacial score (nSPS) is 15.6. The first kappa shape index (κ1) is 25.7. The maximum atomic E-state index is 11.6. The molecule has 0 bridgehead atoms. The van der Waals surface area contributed by atoms with E-state index in [2.05, 4.69) is 24.0 Å². The maximum absolute atomic E-state index is 11.6. The summed E-state index contributed by atoms with van der Waals surface area (Å²) in [5.74, 6) is -0.591. The average Bonchev–Trinajstić information content (AvgIpc) is 3.21. The molecule has 0 saturated heterocycles. The number of H-pyrrole nitrogens is 1. The van der Waals surface area contributed by atoms with Crippen LogP contribution in [0.25, 0.3) is 0 Å². The molecule has 1 aliphatic heterocycles. The fourth-order valence-electron chi connectivity index (χ4n) is 3.45. The Balaban J connectivity index is 0.000000300. The number of hydrogen-bond acceptors (Lipinski definition) is 6. The molecule has 2 aromatic rings. The van der Waals surface area contributed by atoms with E-state index in [0.717, 1.165) is 21.7 Å². The smallest absolute Gasteiger partial charge is 0.250 e. The van der Waals surface area contributed by atoms with Gasteiger partial charge < -0.3 is 10.5 Å². The Morgan fingerprint density at radius 1 is 1.13 bits per heavy atom. The van der Waals surface area contributed by atoms with Gasteiger partial charge in [0.05, 0.1) is 16.8 Å². The summed E-state index contributed by atoms with van der Waals surface area (Å²) in [7, 11) is 0. The number of aromatic amines is 1. The van der Waals surface area contributed by atoms with Crippen molar-refractivity contribution in [3.63, 3.8) is 0 Å². The molecular weight excluding hydrogens is 402 g/mol. The third kappa shape index (κ3) is 5.86. The number of Topliss-reactive ketones (excluding diaryl/α,β-unsaturated/α-hetero) is 2. The van der Waals surface area contributed by atoms with Gasteiger partial charge in [-0.2, -0.15) is 5.10 Å². The Morgan fingerprint density at radius 3 is 2.10 bits per heavy atom. The zero-order chi connectivity index (χ0) is 23.4. The zero-order valence-electron chi connectivity index (χ0n) is 19.4. The first-order chi connectivity index (χ1) is 13.7. The van der Waals surface area contributed by atoms with Crippen molar-refractivity contribution in [1.82, 2.24) is 10.2 Å². The van der Waals surface area contributed by atoms with Crippen LogP contribution in [-0.4, -0.2) is 33.3 Å². The number of fused-ring (bicyclic) bond motifs is 1. The summed E-state index contributed by atoms with van der Waals surface area (Å²) in [5, 5.41) is 6.11. The molecule has 0 atom stereocenters. The van der Waals surface area contributed by atoms with E-state index >= 15 is 0 Å². The standard InChI is InChI=1S/C13H19NO2S.C7H8N2O2.C2H6/c1-7-9(11(14)15)8-6-12(2,3)16-13(4,5)10(8)17-7;1-4(10)6-3-7(5(2)11)9-8-6;1-2/h6H2,1-5H3,(H2,14,15);3H,1-2H3,(H,8,9);1-2H3. The number of ether oxygens (including phenoxy) is 1. The monoisotopic (exact) mass is 435 g/mol. The Morgan fingerprint density at radius 2 is 1.70 bits per heavy atom. The van der Waals surface area contributed by atoms with E-state index < -0.39 is 0 Å². The van der Waals surface area contributed by atoms with Gasteiger partial charge in [-0.3, -0.25) is 19.5 Å². The van der Waals surface area contributed by atoms with E-state index in [9.17, 15) is 14.4 Å². The number of aromatic nitrogens is 2. The fraction of sp³-hybridized carbons (Fsp3) is 0.545. The summed E-state index contributed by atoms with van der Waals surface area (Å²) in [5.41, 5.74) is 7.34. The molecule has 0 spiro atoms. The molecule has 0 unspecified atom stereocenters. The molecule has 30 heavy (non-hydrogen) atoms. The lowest BCUT2D eigenvalue weighted by Crippen LogP contribution is -2.42. The lowest BCUT2D eigenvalue weighted by Gasteiger charge is -2.41. The van der Waals surface area contributed by atoms with Crippen LogP contribution < -0.4 is 5.73 Å². The number of nitrogens with one attached hydrogen (secondary N) is 1. The molecule has 7 nitrogen and oxygen atoms in total. The highest BCUT2D eigenvalue weighted by Gasteiger charge is 2.41. The molecule has 3 N–H and O–H groups in total. The first-order valence-electron chi connectivity index (χ1n) is 9.95. The summed E-state index contributed by atoms with van der Waals surface area (Å²) >= 11 is 1.63. The highest BCUT2D eigenvalue weighted by atomic mass is 32.1. The number of carbonyl (C=O) groups is 3. The number of amides is 1. The van der Waals surface area contributed by atoms with Crippen molar-refractivity contribution in [3.8, 4) is 0 Å². The molecule has 1 amide bonds. The van der Waals surface area contributed by atoms with Crippen LogP contribution in [-0.2, 0) is 16.8 Å². The molecule has 0 fully saturated rings. The van der Waals surface area contributed by atoms with Gasteiger partial charge in [-0.05, 0) is 46.2 Å². The molecule has 0 aliphatic carbocycles. The van der Waals surface area contributed by atoms with Crippen LogP contribution in [0.5, 0.6) is 0 Å². The molecule has 8 heteroatoms. The Labute approximate surface area is 182 Å². The van der Waals surface area contributed by atoms with Crippen LogP contribution in [0.4, 0.5) is 0 Å². The maximum Gasteiger partial charge on any atom is 0.250 e. The number of thiophene rings is 1. The van der Waals surface area contributed by atoms with E-state index in [0.29, 0.717) is 17.0 Å². The highest BCUT2D eigenvalue weighted by molar-refractivity contribution is 7.12.